The summed E-state index contributed by atoms with van der Waals surface area (Å²) in [6.45, 7) is 0. The number of ketones is 2. The van der Waals surface area contributed by atoms with E-state index < -0.39 is 26.3 Å². The molecule has 0 atom stereocenters. The fourth-order valence-electron chi connectivity index (χ4n) is 3.47. The molecule has 1 aliphatic heterocycles. The van der Waals surface area contributed by atoms with Crippen molar-refractivity contribution in [3.8, 4) is 0 Å². The number of benzene rings is 3. The lowest BCUT2D eigenvalue weighted by Crippen LogP contribution is -2.22. The van der Waals surface area contributed by atoms with E-state index in [-0.39, 0.29) is 21.9 Å². The van der Waals surface area contributed by atoms with E-state index in [0.717, 1.165) is 17.9 Å². The molecule has 7 nitrogen and oxygen atoms in total. The highest BCUT2D eigenvalue weighted by Gasteiger charge is 2.53. The fourth-order valence-corrected chi connectivity index (χ4v) is 5.03. The zero-order valence-corrected chi connectivity index (χ0v) is 18.5. The van der Waals surface area contributed by atoms with Crippen LogP contribution in [0.4, 0.5) is 0 Å². The normalized spacial score (nSPS) is 14.9. The molecule has 5 rings (SSSR count). The molecule has 0 radical (unpaired) electrons. The maximum absolute atomic E-state index is 12.8. The summed E-state index contributed by atoms with van der Waals surface area (Å²) in [5, 5.41) is 7.96. The Morgan fingerprint density at radius 1 is 0.794 bits per heavy atom. The van der Waals surface area contributed by atoms with Crippen LogP contribution >= 0.6 is 0 Å². The third-order valence-corrected chi connectivity index (χ3v) is 6.90. The molecule has 1 aliphatic carbocycles. The fraction of sp³-hybridized carbons (Fsp3) is 0. The van der Waals surface area contributed by atoms with E-state index in [1.165, 1.54) is 12.1 Å². The van der Waals surface area contributed by atoms with E-state index in [2.05, 4.69) is 0 Å². The van der Waals surface area contributed by atoms with Crippen LogP contribution in [0, 0.1) is 0 Å². The summed E-state index contributed by atoms with van der Waals surface area (Å²) in [6.07, 6.45) is 3.50. The van der Waals surface area contributed by atoms with Crippen LogP contribution in [0.3, 0.4) is 0 Å². The van der Waals surface area contributed by atoms with Crippen molar-refractivity contribution in [3.63, 3.8) is 0 Å². The minimum Gasteiger partial charge on any atom is -0.516 e. The summed E-state index contributed by atoms with van der Waals surface area (Å²) >= 11 is 0. The molecule has 34 heavy (non-hydrogen) atoms. The number of fused-ring (bicyclic) bond motifs is 1. The highest BCUT2D eigenvalue weighted by Crippen LogP contribution is 2.43. The number of carbonyl (C=O) groups is 2. The molecule has 0 amide bonds. The summed E-state index contributed by atoms with van der Waals surface area (Å²) in [7, 11) is -4.31. The first-order valence-electron chi connectivity index (χ1n) is 10.2. The number of aliphatic hydroxyl groups excluding tert-OH is 1. The van der Waals surface area contributed by atoms with Gasteiger partial charge in [-0.2, -0.15) is 0 Å². The van der Waals surface area contributed by atoms with Gasteiger partial charge in [-0.05, 0) is 23.8 Å². The number of sulfone groups is 1. The average molecular weight is 471 g/mol. The van der Waals surface area contributed by atoms with Gasteiger partial charge in [-0.3, -0.25) is 9.59 Å². The van der Waals surface area contributed by atoms with Crippen LogP contribution in [0.1, 0.15) is 31.8 Å². The smallest absolute Gasteiger partial charge is 0.369 e. The van der Waals surface area contributed by atoms with Gasteiger partial charge >= 0.3 is 5.03 Å². The van der Waals surface area contributed by atoms with E-state index in [0.29, 0.717) is 10.3 Å². The second-order valence-electron chi connectivity index (χ2n) is 7.31. The Kier molecular flexibility index (Phi) is 6.16. The van der Waals surface area contributed by atoms with Crippen LogP contribution in [0.15, 0.2) is 107 Å². The minimum absolute atomic E-state index is 0.0422. The van der Waals surface area contributed by atoms with Crippen LogP contribution in [-0.4, -0.2) is 29.8 Å². The molecule has 3 aromatic carbocycles. The molecule has 0 fully saturated rings. The molecule has 0 aromatic heterocycles. The number of carbonyl (C=O) groups excluding carboxylic acids is 2. The van der Waals surface area contributed by atoms with Crippen molar-refractivity contribution >= 4 is 33.2 Å². The summed E-state index contributed by atoms with van der Waals surface area (Å²) < 4.78 is 26.1. The van der Waals surface area contributed by atoms with Gasteiger partial charge in [0.05, 0.1) is 11.8 Å². The molecule has 1 N–H and O–H groups in total. The number of nitrogens with zero attached hydrogens (tertiary/aromatic N) is 2. The molecule has 0 spiro atoms. The van der Waals surface area contributed by atoms with Crippen molar-refractivity contribution in [3.05, 3.63) is 135 Å². The van der Waals surface area contributed by atoms with E-state index in [1.54, 1.807) is 48.5 Å². The second kappa shape index (κ2) is 9.21. The van der Waals surface area contributed by atoms with Gasteiger partial charge in [0.2, 0.25) is 5.78 Å². The molecular formula is C26H18N2O5S. The Morgan fingerprint density at radius 2 is 1.35 bits per heavy atom. The largest absolute Gasteiger partial charge is 0.516 e. The van der Waals surface area contributed by atoms with Crippen LogP contribution in [-0.2, 0) is 9.84 Å². The number of Topliss-reactive ketones (excluding diaryl/α,β-unsaturated/α-hetero) is 1. The third kappa shape index (κ3) is 4.26. The van der Waals surface area contributed by atoms with Gasteiger partial charge in [-0.1, -0.05) is 72.8 Å². The van der Waals surface area contributed by atoms with Gasteiger partial charge in [-0.15, -0.1) is 0 Å². The van der Waals surface area contributed by atoms with Crippen molar-refractivity contribution in [1.29, 1.82) is 0 Å². The van der Waals surface area contributed by atoms with Gasteiger partial charge in [0.1, 0.15) is 4.91 Å². The molecule has 2 aliphatic rings. The Hall–Kier alpha value is -4.43. The lowest BCUT2D eigenvalue weighted by Gasteiger charge is -2.12. The molecule has 0 saturated carbocycles. The van der Waals surface area contributed by atoms with Crippen molar-refractivity contribution in [2.75, 3.05) is 0 Å². The highest BCUT2D eigenvalue weighted by molar-refractivity contribution is 8.00. The first-order chi connectivity index (χ1) is 16.4. The van der Waals surface area contributed by atoms with Crippen LogP contribution in [0.5, 0.6) is 0 Å². The Balaban J connectivity index is 0.000000257. The number of rotatable bonds is 4. The summed E-state index contributed by atoms with van der Waals surface area (Å²) in [5.74, 6) is -1.31. The van der Waals surface area contributed by atoms with Gasteiger partial charge in [0.15, 0.2) is 5.78 Å². The first kappa shape index (κ1) is 22.8. The molecule has 1 heterocycles. The van der Waals surface area contributed by atoms with Crippen LogP contribution in [0.25, 0.3) is 17.3 Å². The highest BCUT2D eigenvalue weighted by atomic mass is 32.2. The average Bonchev–Trinajstić information content (AvgIpc) is 3.55. The number of hydrogen-bond donors (Lipinski definition) is 1. The van der Waals surface area contributed by atoms with Crippen molar-refractivity contribution in [1.82, 2.24) is 0 Å². The topological polar surface area (TPSA) is 114 Å². The predicted molar refractivity (Wildman–Crippen MR) is 127 cm³/mol. The van der Waals surface area contributed by atoms with Crippen LogP contribution < -0.4 is 0 Å². The van der Waals surface area contributed by atoms with E-state index in [9.17, 15) is 23.5 Å². The Labute approximate surface area is 196 Å². The van der Waals surface area contributed by atoms with Gasteiger partial charge < -0.3 is 10.6 Å². The number of aliphatic hydroxyl groups is 1. The lowest BCUT2D eigenvalue weighted by molar-refractivity contribution is -0.305. The Bertz CT molecular complexity index is 1500. The van der Waals surface area contributed by atoms with Crippen molar-refractivity contribution in [2.24, 2.45) is 0 Å². The monoisotopic (exact) mass is 470 g/mol. The third-order valence-electron chi connectivity index (χ3n) is 5.14. The quantitative estimate of drug-likeness (QED) is 0.428. The molecule has 3 aromatic rings. The summed E-state index contributed by atoms with van der Waals surface area (Å²) in [4.78, 5) is 24.1. The number of allylic oxidation sites excluding steroid dienone is 2. The predicted octanol–water partition coefficient (Wildman–Crippen LogP) is 4.95. The molecule has 8 heteroatoms. The summed E-state index contributed by atoms with van der Waals surface area (Å²) in [5.41, 5.74) is 11.7. The minimum atomic E-state index is -4.31. The standard InChI is InChI=1S/C18H10N2O4S.C8H8O/c19-20-16(11-6-2-1-3-7-11)18(20)25(23,24)15-10-14(21)12-8-4-5-9-13(12)17(15)22;9-7-6-8-4-2-1-3-5-8/h1-10H;1-7,9H. The molecule has 0 saturated heterocycles. The van der Waals surface area contributed by atoms with Crippen molar-refractivity contribution in [2.45, 2.75) is 0 Å². The number of hydrogen-bond acceptors (Lipinski definition) is 5. The molecular weight excluding hydrogens is 452 g/mol. The molecule has 0 unspecified atom stereocenters. The first-order valence-corrected chi connectivity index (χ1v) is 11.6. The van der Waals surface area contributed by atoms with E-state index in [4.69, 9.17) is 5.11 Å². The second-order valence-corrected chi connectivity index (χ2v) is 9.14. The van der Waals surface area contributed by atoms with Crippen LogP contribution in [0.2, 0.25) is 0 Å². The summed E-state index contributed by atoms with van der Waals surface area (Å²) in [6, 6.07) is 24.1. The Morgan fingerprint density at radius 3 is 1.97 bits per heavy atom. The van der Waals surface area contributed by atoms with Gasteiger partial charge in [-0.25, -0.2) is 13.1 Å². The lowest BCUT2D eigenvalue weighted by atomic mass is 9.95. The molecule has 0 bridgehead atoms. The zero-order valence-electron chi connectivity index (χ0n) is 17.7. The zero-order chi connectivity index (χ0) is 24.3. The van der Waals surface area contributed by atoms with Gasteiger partial charge in [0.25, 0.3) is 15.5 Å². The maximum Gasteiger partial charge on any atom is 0.369 e. The van der Waals surface area contributed by atoms with Gasteiger partial charge in [0, 0.05) is 17.2 Å². The van der Waals surface area contributed by atoms with E-state index in [1.807, 2.05) is 30.3 Å². The molecule has 168 valence electrons. The maximum atomic E-state index is 12.8. The SMILES string of the molecule is OC=Cc1ccccc1.[N-]=[N+]1C(c2ccccc2)=C1S(=O)(=O)C1=CC(=O)c2ccccc2C1=O. The van der Waals surface area contributed by atoms with E-state index >= 15 is 0 Å². The van der Waals surface area contributed by atoms with Crippen molar-refractivity contribution < 1.29 is 27.8 Å².